The monoisotopic (exact) mass is 454 g/mol. The van der Waals surface area contributed by atoms with E-state index in [0.717, 1.165) is 30.7 Å². The Kier molecular flexibility index (Phi) is 7.39. The Morgan fingerprint density at radius 3 is 2.88 bits per heavy atom. The molecule has 2 heterocycles. The fourth-order valence-corrected chi connectivity index (χ4v) is 4.02. The molecule has 0 bridgehead atoms. The van der Waals surface area contributed by atoms with Gasteiger partial charge in [-0.1, -0.05) is 46.6 Å². The number of benzene rings is 2. The maximum atomic E-state index is 12.6. The van der Waals surface area contributed by atoms with Crippen LogP contribution in [-0.2, 0) is 11.3 Å². The number of nitrogens with zero attached hydrogens (tertiary/aromatic N) is 3. The second-order valence-electron chi connectivity index (χ2n) is 8.02. The Labute approximate surface area is 192 Å². The Bertz CT molecular complexity index is 1040. The van der Waals surface area contributed by atoms with E-state index in [4.69, 9.17) is 20.9 Å². The van der Waals surface area contributed by atoms with Crippen molar-refractivity contribution >= 4 is 17.5 Å². The van der Waals surface area contributed by atoms with Gasteiger partial charge in [-0.25, -0.2) is 0 Å². The van der Waals surface area contributed by atoms with Crippen molar-refractivity contribution in [3.63, 3.8) is 0 Å². The Morgan fingerprint density at radius 2 is 2.06 bits per heavy atom. The van der Waals surface area contributed by atoms with Gasteiger partial charge in [0, 0.05) is 12.1 Å². The minimum absolute atomic E-state index is 0.0597. The highest BCUT2D eigenvalue weighted by Gasteiger charge is 2.26. The summed E-state index contributed by atoms with van der Waals surface area (Å²) < 4.78 is 11.1. The second kappa shape index (κ2) is 10.6. The lowest BCUT2D eigenvalue weighted by atomic mass is 9.97. The smallest absolute Gasteiger partial charge is 0.241 e. The van der Waals surface area contributed by atoms with Crippen molar-refractivity contribution in [3.8, 4) is 17.1 Å². The lowest BCUT2D eigenvalue weighted by molar-refractivity contribution is -0.126. The quantitative estimate of drug-likeness (QED) is 0.516. The zero-order valence-corrected chi connectivity index (χ0v) is 18.8. The number of hydrogen-bond acceptors (Lipinski definition) is 6. The van der Waals surface area contributed by atoms with E-state index in [1.54, 1.807) is 6.07 Å². The summed E-state index contributed by atoms with van der Waals surface area (Å²) in [6.07, 6.45) is 1.82. The first-order valence-electron chi connectivity index (χ1n) is 10.9. The molecule has 1 aliphatic rings. The van der Waals surface area contributed by atoms with Gasteiger partial charge < -0.3 is 14.6 Å². The molecule has 0 spiro atoms. The average Bonchev–Trinajstić information content (AvgIpc) is 3.26. The molecule has 0 radical (unpaired) electrons. The largest absolute Gasteiger partial charge is 0.492 e. The van der Waals surface area contributed by atoms with E-state index < -0.39 is 0 Å². The molecule has 1 N–H and O–H groups in total. The minimum atomic E-state index is -0.0610. The first-order chi connectivity index (χ1) is 15.6. The maximum Gasteiger partial charge on any atom is 0.241 e. The number of ether oxygens (including phenoxy) is 1. The Hall–Kier alpha value is -2.90. The predicted octanol–water partition coefficient (Wildman–Crippen LogP) is 4.11. The van der Waals surface area contributed by atoms with Gasteiger partial charge in [0.15, 0.2) is 0 Å². The number of aryl methyl sites for hydroxylation is 1. The van der Waals surface area contributed by atoms with Gasteiger partial charge >= 0.3 is 0 Å². The van der Waals surface area contributed by atoms with Gasteiger partial charge in [0.05, 0.1) is 24.0 Å². The summed E-state index contributed by atoms with van der Waals surface area (Å²) in [7, 11) is 0. The Balaban J connectivity index is 1.24. The number of aromatic nitrogens is 2. The average molecular weight is 455 g/mol. The van der Waals surface area contributed by atoms with Crippen LogP contribution in [0.15, 0.2) is 53.1 Å². The van der Waals surface area contributed by atoms with Crippen LogP contribution < -0.4 is 10.1 Å². The molecule has 2 aromatic carbocycles. The number of amides is 1. The van der Waals surface area contributed by atoms with E-state index in [2.05, 4.69) is 20.4 Å². The van der Waals surface area contributed by atoms with Gasteiger partial charge in [-0.05, 0) is 50.6 Å². The summed E-state index contributed by atoms with van der Waals surface area (Å²) in [6.45, 7) is 5.02. The maximum absolute atomic E-state index is 12.6. The lowest BCUT2D eigenvalue weighted by Gasteiger charge is -2.30. The van der Waals surface area contributed by atoms with Crippen molar-refractivity contribution in [1.29, 1.82) is 0 Å². The van der Waals surface area contributed by atoms with E-state index in [1.807, 2.05) is 49.4 Å². The van der Waals surface area contributed by atoms with Gasteiger partial charge in [0.2, 0.25) is 17.6 Å². The topological polar surface area (TPSA) is 80.5 Å². The van der Waals surface area contributed by atoms with Gasteiger partial charge in [-0.3, -0.25) is 9.69 Å². The number of likely N-dealkylation sites (tertiary alicyclic amines) is 1. The molecule has 168 valence electrons. The molecule has 0 aliphatic carbocycles. The van der Waals surface area contributed by atoms with E-state index in [-0.39, 0.29) is 11.8 Å². The molecular weight excluding hydrogens is 428 g/mol. The highest BCUT2D eigenvalue weighted by molar-refractivity contribution is 6.33. The summed E-state index contributed by atoms with van der Waals surface area (Å²) >= 11 is 6.22. The van der Waals surface area contributed by atoms with Crippen molar-refractivity contribution in [3.05, 3.63) is 65.0 Å². The number of nitrogens with one attached hydrogen (secondary N) is 1. The third-order valence-corrected chi connectivity index (χ3v) is 5.84. The van der Waals surface area contributed by atoms with Gasteiger partial charge in [-0.2, -0.15) is 4.98 Å². The van der Waals surface area contributed by atoms with Crippen LogP contribution in [0.3, 0.4) is 0 Å². The van der Waals surface area contributed by atoms with E-state index in [9.17, 15) is 4.79 Å². The van der Waals surface area contributed by atoms with Crippen LogP contribution in [-0.4, -0.2) is 47.2 Å². The molecule has 8 heteroatoms. The number of carbonyl (C=O) groups is 1. The number of halogens is 1. The van der Waals surface area contributed by atoms with E-state index in [1.165, 1.54) is 5.56 Å². The molecule has 3 aromatic rings. The summed E-state index contributed by atoms with van der Waals surface area (Å²) in [4.78, 5) is 19.3. The summed E-state index contributed by atoms with van der Waals surface area (Å²) in [5, 5.41) is 7.63. The first-order valence-corrected chi connectivity index (χ1v) is 11.2. The van der Waals surface area contributed by atoms with Crippen LogP contribution in [0.2, 0.25) is 5.02 Å². The predicted molar refractivity (Wildman–Crippen MR) is 122 cm³/mol. The zero-order chi connectivity index (χ0) is 22.3. The molecule has 1 amide bonds. The van der Waals surface area contributed by atoms with Crippen LogP contribution in [0.5, 0.6) is 5.75 Å². The molecule has 1 atom stereocenters. The molecule has 32 heavy (non-hydrogen) atoms. The second-order valence-corrected chi connectivity index (χ2v) is 8.43. The minimum Gasteiger partial charge on any atom is -0.492 e. The van der Waals surface area contributed by atoms with Crippen molar-refractivity contribution in [2.24, 2.45) is 5.92 Å². The van der Waals surface area contributed by atoms with E-state index >= 15 is 0 Å². The summed E-state index contributed by atoms with van der Waals surface area (Å²) in [5.41, 5.74) is 1.93. The summed E-state index contributed by atoms with van der Waals surface area (Å²) in [5.74, 6) is 1.81. The van der Waals surface area contributed by atoms with Gasteiger partial charge in [0.25, 0.3) is 0 Å². The van der Waals surface area contributed by atoms with Crippen LogP contribution in [0.4, 0.5) is 0 Å². The standard InChI is InChI=1S/C24H27ClN4O3/c1-17-8-10-19(11-9-17)31-14-12-26-24(30)18-5-4-13-29(15-18)16-22-27-23(28-32-22)20-6-2-3-7-21(20)25/h2-3,6-11,18H,4-5,12-16H2,1H3,(H,26,30). The fraction of sp³-hybridized carbons (Fsp3) is 0.375. The lowest BCUT2D eigenvalue weighted by Crippen LogP contribution is -2.43. The SMILES string of the molecule is Cc1ccc(OCCNC(=O)C2CCCN(Cc3nc(-c4ccccc4Cl)no3)C2)cc1. The van der Waals surface area contributed by atoms with Crippen LogP contribution in [0.25, 0.3) is 11.4 Å². The molecule has 1 aromatic heterocycles. The molecule has 1 fully saturated rings. The van der Waals surface area contributed by atoms with Crippen LogP contribution in [0, 0.1) is 12.8 Å². The molecule has 7 nitrogen and oxygen atoms in total. The molecular formula is C24H27ClN4O3. The fourth-order valence-electron chi connectivity index (χ4n) is 3.80. The Morgan fingerprint density at radius 1 is 1.25 bits per heavy atom. The highest BCUT2D eigenvalue weighted by Crippen LogP contribution is 2.25. The van der Waals surface area contributed by atoms with Gasteiger partial charge in [0.1, 0.15) is 12.4 Å². The number of carbonyl (C=O) groups excluding carboxylic acids is 1. The number of piperidine rings is 1. The van der Waals surface area contributed by atoms with E-state index in [0.29, 0.717) is 43.0 Å². The molecule has 1 unspecified atom stereocenters. The number of hydrogen-bond donors (Lipinski definition) is 1. The third-order valence-electron chi connectivity index (χ3n) is 5.51. The zero-order valence-electron chi connectivity index (χ0n) is 18.1. The van der Waals surface area contributed by atoms with Crippen LogP contribution >= 0.6 is 11.6 Å². The summed E-state index contributed by atoms with van der Waals surface area (Å²) in [6, 6.07) is 15.3. The highest BCUT2D eigenvalue weighted by atomic mass is 35.5. The van der Waals surface area contributed by atoms with Crippen LogP contribution in [0.1, 0.15) is 24.3 Å². The van der Waals surface area contributed by atoms with Gasteiger partial charge in [-0.15, -0.1) is 0 Å². The molecule has 1 aliphatic heterocycles. The third kappa shape index (κ3) is 5.87. The molecule has 0 saturated carbocycles. The normalized spacial score (nSPS) is 16.6. The van der Waals surface area contributed by atoms with Crippen molar-refractivity contribution in [2.45, 2.75) is 26.3 Å². The molecule has 1 saturated heterocycles. The van der Waals surface area contributed by atoms with Crippen molar-refractivity contribution in [2.75, 3.05) is 26.2 Å². The first kappa shape index (κ1) is 22.3. The number of rotatable bonds is 8. The molecule has 4 rings (SSSR count). The van der Waals surface area contributed by atoms with Crippen molar-refractivity contribution in [1.82, 2.24) is 20.4 Å². The van der Waals surface area contributed by atoms with Crippen molar-refractivity contribution < 1.29 is 14.1 Å².